The number of rotatable bonds is 3. The van der Waals surface area contributed by atoms with Crippen LogP contribution in [0.1, 0.15) is 60.4 Å². The Balaban J connectivity index is 1.25. The van der Waals surface area contributed by atoms with Crippen LogP contribution in [0.4, 0.5) is 0 Å². The van der Waals surface area contributed by atoms with E-state index in [2.05, 4.69) is 49.3 Å². The first kappa shape index (κ1) is 28.6. The van der Waals surface area contributed by atoms with E-state index >= 15 is 0 Å². The van der Waals surface area contributed by atoms with E-state index < -0.39 is 11.8 Å². The van der Waals surface area contributed by atoms with E-state index in [9.17, 15) is 14.4 Å². The second-order valence-corrected chi connectivity index (χ2v) is 13.1. The minimum atomic E-state index is -0.579. The molecule has 1 atom stereocenters. The van der Waals surface area contributed by atoms with Gasteiger partial charge in [-0.3, -0.25) is 19.4 Å². The third-order valence-electron chi connectivity index (χ3n) is 8.57. The molecule has 2 aromatic rings. The molecule has 0 bridgehead atoms. The highest BCUT2D eigenvalue weighted by molar-refractivity contribution is 9.10. The topological polar surface area (TPSA) is 82.6 Å². The third-order valence-corrected chi connectivity index (χ3v) is 9.88. The van der Waals surface area contributed by atoms with Crippen LogP contribution in [0.3, 0.4) is 0 Å². The number of aromatic nitrogens is 1. The van der Waals surface area contributed by atoms with Gasteiger partial charge in [0.2, 0.25) is 5.91 Å². The summed E-state index contributed by atoms with van der Waals surface area (Å²) < 4.78 is 2.03. The first-order valence-corrected chi connectivity index (χ1v) is 15.6. The summed E-state index contributed by atoms with van der Waals surface area (Å²) in [7, 11) is 1.46. The first-order valence-electron chi connectivity index (χ1n) is 13.7. The molecular weight excluding hydrogens is 648 g/mol. The van der Waals surface area contributed by atoms with Gasteiger partial charge in [-0.2, -0.15) is 0 Å². The number of carbonyl (C=O) groups excluding carboxylic acids is 3. The lowest BCUT2D eigenvalue weighted by atomic mass is 9.76. The van der Waals surface area contributed by atoms with Crippen molar-refractivity contribution in [2.75, 3.05) is 33.2 Å². The molecule has 0 saturated carbocycles. The van der Waals surface area contributed by atoms with Gasteiger partial charge in [0.05, 0.1) is 5.69 Å². The van der Waals surface area contributed by atoms with Crippen molar-refractivity contribution < 1.29 is 14.4 Å². The highest BCUT2D eigenvalue weighted by atomic mass is 79.9. The number of carbonyl (C=O) groups is 3. The SMILES string of the molecule is CNC(=O)C(=O)N1CCC(CC(=O)N2CCC([C@H]3c4ncc(Br)cc4CCc4cc(Cl)cc(Br)c43)CC2)CC1. The summed E-state index contributed by atoms with van der Waals surface area (Å²) in [6.07, 6.45) is 7.57. The van der Waals surface area contributed by atoms with Gasteiger partial charge in [-0.05, 0) is 101 Å². The number of fused-ring (bicyclic) bond motifs is 2. The number of piperidine rings is 2. The van der Waals surface area contributed by atoms with Crippen LogP contribution in [0.15, 0.2) is 33.3 Å². The second-order valence-electron chi connectivity index (χ2n) is 10.9. The minimum absolute atomic E-state index is 0.150. The maximum Gasteiger partial charge on any atom is 0.311 e. The van der Waals surface area contributed by atoms with E-state index in [0.29, 0.717) is 25.4 Å². The average Bonchev–Trinajstić information content (AvgIpc) is 3.09. The molecule has 0 spiro atoms. The predicted octanol–water partition coefficient (Wildman–Crippen LogP) is 5.10. The van der Waals surface area contributed by atoms with Crippen LogP contribution in [0.5, 0.6) is 0 Å². The van der Waals surface area contributed by atoms with Gasteiger partial charge in [-0.1, -0.05) is 27.5 Å². The fourth-order valence-electron chi connectivity index (χ4n) is 6.48. The number of likely N-dealkylation sites (tertiary alicyclic amines) is 2. The van der Waals surface area contributed by atoms with Crippen LogP contribution in [0.25, 0.3) is 0 Å². The van der Waals surface area contributed by atoms with E-state index in [1.54, 1.807) is 4.90 Å². The Bertz CT molecular complexity index is 1270. The monoisotopic (exact) mass is 678 g/mol. The summed E-state index contributed by atoms with van der Waals surface area (Å²) in [6.45, 7) is 2.52. The molecule has 2 fully saturated rings. The Hall–Kier alpha value is -1.97. The molecule has 3 amide bonds. The third kappa shape index (κ3) is 6.20. The van der Waals surface area contributed by atoms with Gasteiger partial charge in [0, 0.05) is 65.7 Å². The lowest BCUT2D eigenvalue weighted by molar-refractivity contribution is -0.146. The Morgan fingerprint density at radius 1 is 0.974 bits per heavy atom. The van der Waals surface area contributed by atoms with Crippen molar-refractivity contribution in [1.29, 1.82) is 0 Å². The zero-order valence-electron chi connectivity index (χ0n) is 22.0. The molecule has 0 unspecified atom stereocenters. The molecule has 3 aliphatic rings. The molecule has 208 valence electrons. The second kappa shape index (κ2) is 12.3. The zero-order valence-corrected chi connectivity index (χ0v) is 25.9. The maximum atomic E-state index is 13.2. The van der Waals surface area contributed by atoms with Gasteiger partial charge < -0.3 is 15.1 Å². The predicted molar refractivity (Wildman–Crippen MR) is 158 cm³/mol. The standard InChI is InChI=1S/C29H33Br2ClN4O3/c1-33-28(38)29(39)36-8-4-17(5-9-36)12-24(37)35-10-6-18(7-11-35)26-25-19(14-22(32)15-23(25)31)2-3-20-13-21(30)16-34-27(20)26/h13-18,26H,2-12H2,1H3,(H,33,38)/t26-/m1/s1. The molecule has 5 rings (SSSR count). The Morgan fingerprint density at radius 2 is 1.64 bits per heavy atom. The average molecular weight is 681 g/mol. The molecule has 1 N–H and O–H groups in total. The van der Waals surface area contributed by atoms with Crippen LogP contribution in [-0.2, 0) is 27.2 Å². The number of aryl methyl sites for hydroxylation is 2. The smallest absolute Gasteiger partial charge is 0.311 e. The number of likely N-dealkylation sites (N-methyl/N-ethyl adjacent to an activating group) is 1. The van der Waals surface area contributed by atoms with Crippen molar-refractivity contribution in [1.82, 2.24) is 20.1 Å². The molecule has 3 heterocycles. The molecule has 1 aromatic carbocycles. The van der Waals surface area contributed by atoms with Gasteiger partial charge in [0.15, 0.2) is 0 Å². The van der Waals surface area contributed by atoms with Crippen molar-refractivity contribution >= 4 is 61.2 Å². The summed E-state index contributed by atoms with van der Waals surface area (Å²) in [5.74, 6) is -0.105. The Labute approximate surface area is 251 Å². The first-order chi connectivity index (χ1) is 18.7. The van der Waals surface area contributed by atoms with Crippen molar-refractivity contribution in [3.63, 3.8) is 0 Å². The van der Waals surface area contributed by atoms with Crippen LogP contribution in [0, 0.1) is 11.8 Å². The number of nitrogens with one attached hydrogen (secondary N) is 1. The summed E-state index contributed by atoms with van der Waals surface area (Å²) in [4.78, 5) is 45.5. The van der Waals surface area contributed by atoms with E-state index in [1.807, 2.05) is 17.2 Å². The van der Waals surface area contributed by atoms with E-state index in [0.717, 1.165) is 71.3 Å². The van der Waals surface area contributed by atoms with E-state index in [4.69, 9.17) is 16.6 Å². The van der Waals surface area contributed by atoms with Gasteiger partial charge >= 0.3 is 11.8 Å². The summed E-state index contributed by atoms with van der Waals surface area (Å²) in [6, 6.07) is 6.29. The van der Waals surface area contributed by atoms with Crippen molar-refractivity contribution in [3.05, 3.63) is 60.7 Å². The number of nitrogens with zero attached hydrogens (tertiary/aromatic N) is 3. The Kier molecular flexibility index (Phi) is 8.98. The molecule has 2 aliphatic heterocycles. The van der Waals surface area contributed by atoms with Gasteiger partial charge in [0.1, 0.15) is 0 Å². The molecule has 39 heavy (non-hydrogen) atoms. The molecule has 10 heteroatoms. The van der Waals surface area contributed by atoms with Crippen LogP contribution < -0.4 is 5.32 Å². The minimum Gasteiger partial charge on any atom is -0.351 e. The molecule has 2 saturated heterocycles. The molecule has 1 aromatic heterocycles. The van der Waals surface area contributed by atoms with Crippen molar-refractivity contribution in [2.45, 2.75) is 50.9 Å². The lowest BCUT2D eigenvalue weighted by Crippen LogP contribution is -2.46. The summed E-state index contributed by atoms with van der Waals surface area (Å²) in [5, 5.41) is 3.13. The molecule has 7 nitrogen and oxygen atoms in total. The van der Waals surface area contributed by atoms with Gasteiger partial charge in [-0.25, -0.2) is 0 Å². The number of benzene rings is 1. The zero-order chi connectivity index (χ0) is 27.7. The largest absolute Gasteiger partial charge is 0.351 e. The normalized spacial score (nSPS) is 20.2. The number of hydrogen-bond donors (Lipinski definition) is 1. The van der Waals surface area contributed by atoms with E-state index in [-0.39, 0.29) is 17.7 Å². The molecular formula is C29H33Br2ClN4O3. The van der Waals surface area contributed by atoms with Crippen LogP contribution in [0.2, 0.25) is 5.02 Å². The summed E-state index contributed by atoms with van der Waals surface area (Å²) in [5.41, 5.74) is 4.97. The van der Waals surface area contributed by atoms with Gasteiger partial charge in [-0.15, -0.1) is 0 Å². The van der Waals surface area contributed by atoms with E-state index in [1.165, 1.54) is 23.7 Å². The van der Waals surface area contributed by atoms with Crippen molar-refractivity contribution in [2.24, 2.45) is 11.8 Å². The lowest BCUT2D eigenvalue weighted by Gasteiger charge is -2.38. The quantitative estimate of drug-likeness (QED) is 0.458. The van der Waals surface area contributed by atoms with Gasteiger partial charge in [0.25, 0.3) is 0 Å². The number of pyridine rings is 1. The van der Waals surface area contributed by atoms with Crippen LogP contribution in [-0.4, -0.2) is 65.7 Å². The number of amides is 3. The fraction of sp³-hybridized carbons (Fsp3) is 0.517. The van der Waals surface area contributed by atoms with Crippen molar-refractivity contribution in [3.8, 4) is 0 Å². The highest BCUT2D eigenvalue weighted by Gasteiger charge is 2.37. The maximum absolute atomic E-state index is 13.2. The summed E-state index contributed by atoms with van der Waals surface area (Å²) >= 11 is 13.9. The number of halogens is 3. The Morgan fingerprint density at radius 3 is 2.33 bits per heavy atom. The highest BCUT2D eigenvalue weighted by Crippen LogP contribution is 2.46. The molecule has 1 aliphatic carbocycles. The number of hydrogen-bond acceptors (Lipinski definition) is 4. The van der Waals surface area contributed by atoms with Crippen LogP contribution >= 0.6 is 43.5 Å². The molecule has 0 radical (unpaired) electrons. The fourth-order valence-corrected chi connectivity index (χ4v) is 7.98.